The third-order valence-corrected chi connectivity index (χ3v) is 3.40. The van der Waals surface area contributed by atoms with E-state index in [1.807, 2.05) is 0 Å². The van der Waals surface area contributed by atoms with Crippen molar-refractivity contribution >= 4 is 11.6 Å². The highest BCUT2D eigenvalue weighted by atomic mass is 16.6. The summed E-state index contributed by atoms with van der Waals surface area (Å²) in [5.41, 5.74) is -1.95. The quantitative estimate of drug-likeness (QED) is 0.613. The van der Waals surface area contributed by atoms with Crippen molar-refractivity contribution in [2.45, 2.75) is 38.8 Å². The van der Waals surface area contributed by atoms with Gasteiger partial charge in [-0.15, -0.1) is 0 Å². The highest BCUT2D eigenvalue weighted by Crippen LogP contribution is 2.20. The van der Waals surface area contributed by atoms with Crippen LogP contribution in [0.5, 0.6) is 5.75 Å². The molecule has 0 radical (unpaired) electrons. The van der Waals surface area contributed by atoms with Crippen LogP contribution in [0.4, 0.5) is 5.69 Å². The summed E-state index contributed by atoms with van der Waals surface area (Å²) >= 11 is 0. The number of non-ortho nitro benzene ring substituents is 1. The molecule has 21 heavy (non-hydrogen) atoms. The number of ether oxygens (including phenoxy) is 1. The highest BCUT2D eigenvalue weighted by Gasteiger charge is 2.36. The number of benzene rings is 1. The van der Waals surface area contributed by atoms with Crippen molar-refractivity contribution < 1.29 is 19.6 Å². The van der Waals surface area contributed by atoms with E-state index in [0.717, 1.165) is 0 Å². The smallest absolute Gasteiger partial charge is 0.269 e. The average molecular weight is 296 g/mol. The van der Waals surface area contributed by atoms with Crippen LogP contribution in [0.3, 0.4) is 0 Å². The lowest BCUT2D eigenvalue weighted by molar-refractivity contribution is -0.384. The first-order valence-corrected chi connectivity index (χ1v) is 6.43. The summed E-state index contributed by atoms with van der Waals surface area (Å²) in [6.45, 7) is 6.37. The first-order valence-electron chi connectivity index (χ1n) is 6.43. The molecule has 2 N–H and O–H groups in total. The Bertz CT molecular complexity index is 517. The topological polar surface area (TPSA) is 102 Å². The van der Waals surface area contributed by atoms with Gasteiger partial charge in [0.1, 0.15) is 5.75 Å². The molecule has 0 aliphatic rings. The average Bonchev–Trinajstić information content (AvgIpc) is 2.35. The molecule has 0 saturated heterocycles. The molecular weight excluding hydrogens is 276 g/mol. The van der Waals surface area contributed by atoms with Crippen molar-refractivity contribution in [3.8, 4) is 5.75 Å². The number of carbonyl (C=O) groups is 1. The van der Waals surface area contributed by atoms with Crippen molar-refractivity contribution in [1.82, 2.24) is 5.32 Å². The number of carbonyl (C=O) groups excluding carboxylic acids is 1. The van der Waals surface area contributed by atoms with Crippen molar-refractivity contribution in [2.24, 2.45) is 0 Å². The summed E-state index contributed by atoms with van der Waals surface area (Å²) < 4.78 is 5.24. The second-order valence-corrected chi connectivity index (χ2v) is 5.77. The largest absolute Gasteiger partial charge is 0.484 e. The number of aliphatic hydroxyl groups is 1. The minimum Gasteiger partial charge on any atom is -0.484 e. The van der Waals surface area contributed by atoms with E-state index in [-0.39, 0.29) is 18.2 Å². The Morgan fingerprint density at radius 2 is 1.81 bits per heavy atom. The molecular formula is C14H20N2O5. The van der Waals surface area contributed by atoms with E-state index >= 15 is 0 Å². The van der Waals surface area contributed by atoms with Gasteiger partial charge in [-0.2, -0.15) is 0 Å². The molecule has 1 rings (SSSR count). The Morgan fingerprint density at radius 3 is 2.24 bits per heavy atom. The molecule has 7 nitrogen and oxygen atoms in total. The maximum atomic E-state index is 11.8. The van der Waals surface area contributed by atoms with Gasteiger partial charge in [0.05, 0.1) is 16.1 Å². The van der Waals surface area contributed by atoms with Gasteiger partial charge in [0.25, 0.3) is 11.6 Å². The maximum Gasteiger partial charge on any atom is 0.269 e. The highest BCUT2D eigenvalue weighted by molar-refractivity contribution is 5.78. The van der Waals surface area contributed by atoms with Crippen LogP contribution in [0, 0.1) is 10.1 Å². The molecule has 0 aliphatic carbocycles. The van der Waals surface area contributed by atoms with Gasteiger partial charge >= 0.3 is 0 Å². The van der Waals surface area contributed by atoms with E-state index in [1.54, 1.807) is 27.7 Å². The van der Waals surface area contributed by atoms with Gasteiger partial charge in [0.15, 0.2) is 6.61 Å². The fraction of sp³-hybridized carbons (Fsp3) is 0.500. The summed E-state index contributed by atoms with van der Waals surface area (Å²) in [5, 5.41) is 23.1. The molecule has 116 valence electrons. The van der Waals surface area contributed by atoms with Gasteiger partial charge in [0, 0.05) is 12.1 Å². The third kappa shape index (κ3) is 4.71. The predicted molar refractivity (Wildman–Crippen MR) is 77.1 cm³/mol. The lowest BCUT2D eigenvalue weighted by Crippen LogP contribution is -2.58. The van der Waals surface area contributed by atoms with Crippen LogP contribution < -0.4 is 10.1 Å². The van der Waals surface area contributed by atoms with Crippen molar-refractivity contribution in [2.75, 3.05) is 6.61 Å². The molecule has 1 amide bonds. The molecule has 0 fully saturated rings. The van der Waals surface area contributed by atoms with Crippen molar-refractivity contribution in [1.29, 1.82) is 0 Å². The first-order chi connectivity index (χ1) is 9.53. The van der Waals surface area contributed by atoms with Gasteiger partial charge in [-0.3, -0.25) is 14.9 Å². The zero-order valence-electron chi connectivity index (χ0n) is 12.5. The summed E-state index contributed by atoms with van der Waals surface area (Å²) in [5.74, 6) is -0.0303. The number of hydrogen-bond acceptors (Lipinski definition) is 5. The number of rotatable bonds is 6. The molecule has 0 aromatic heterocycles. The Kier molecular flexibility index (Phi) is 4.90. The van der Waals surface area contributed by atoms with Gasteiger partial charge in [0.2, 0.25) is 0 Å². The van der Waals surface area contributed by atoms with Gasteiger partial charge in [-0.25, -0.2) is 0 Å². The van der Waals surface area contributed by atoms with Crippen molar-refractivity contribution in [3.05, 3.63) is 34.4 Å². The molecule has 0 aliphatic heterocycles. The van der Waals surface area contributed by atoms with Crippen molar-refractivity contribution in [3.63, 3.8) is 0 Å². The monoisotopic (exact) mass is 296 g/mol. The number of nitrogens with zero attached hydrogens (tertiary/aromatic N) is 1. The van der Waals surface area contributed by atoms with E-state index in [2.05, 4.69) is 5.32 Å². The third-order valence-electron chi connectivity index (χ3n) is 3.40. The Hall–Kier alpha value is -2.15. The standard InChI is InChI=1S/C14H20N2O5/c1-13(2,14(3,4)18)15-12(17)9-21-11-7-5-10(6-8-11)16(19)20/h5-8,18H,9H2,1-4H3,(H,15,17). The fourth-order valence-corrected chi connectivity index (χ4v) is 1.35. The number of nitro groups is 1. The molecule has 0 saturated carbocycles. The molecule has 0 atom stereocenters. The van der Waals surface area contributed by atoms with E-state index in [0.29, 0.717) is 5.75 Å². The summed E-state index contributed by atoms with van der Waals surface area (Å²) in [4.78, 5) is 21.8. The Labute approximate surface area is 123 Å². The Balaban J connectivity index is 2.55. The minimum atomic E-state index is -1.09. The normalized spacial score (nSPS) is 11.9. The van der Waals surface area contributed by atoms with E-state index in [1.165, 1.54) is 24.3 Å². The lowest BCUT2D eigenvalue weighted by Gasteiger charge is -2.37. The predicted octanol–water partition coefficient (Wildman–Crippen LogP) is 1.64. The van der Waals surface area contributed by atoms with Gasteiger partial charge in [-0.1, -0.05) is 0 Å². The van der Waals surface area contributed by atoms with Crippen LogP contribution in [-0.2, 0) is 4.79 Å². The summed E-state index contributed by atoms with van der Waals surface area (Å²) in [6.07, 6.45) is 0. The van der Waals surface area contributed by atoms with E-state index in [4.69, 9.17) is 4.74 Å². The first kappa shape index (κ1) is 16.9. The van der Waals surface area contributed by atoms with Crippen LogP contribution >= 0.6 is 0 Å². The second kappa shape index (κ2) is 6.09. The summed E-state index contributed by atoms with van der Waals surface area (Å²) in [6, 6.07) is 5.45. The van der Waals surface area contributed by atoms with Crippen LogP contribution in [0.1, 0.15) is 27.7 Å². The number of nitro benzene ring substituents is 1. The second-order valence-electron chi connectivity index (χ2n) is 5.77. The zero-order chi connectivity index (χ0) is 16.3. The lowest BCUT2D eigenvalue weighted by atomic mass is 9.86. The van der Waals surface area contributed by atoms with Crippen LogP contribution in [0.15, 0.2) is 24.3 Å². The van der Waals surface area contributed by atoms with Gasteiger partial charge in [-0.05, 0) is 39.8 Å². The number of hydrogen-bond donors (Lipinski definition) is 2. The molecule has 1 aromatic rings. The molecule has 0 heterocycles. The SMILES string of the molecule is CC(C)(O)C(C)(C)NC(=O)COc1ccc([N+](=O)[O-])cc1. The molecule has 7 heteroatoms. The van der Waals surface area contributed by atoms with Crippen LogP contribution in [0.25, 0.3) is 0 Å². The van der Waals surface area contributed by atoms with E-state index in [9.17, 15) is 20.0 Å². The van der Waals surface area contributed by atoms with Crippen LogP contribution in [-0.4, -0.2) is 33.7 Å². The molecule has 1 aromatic carbocycles. The number of nitrogens with one attached hydrogen (secondary N) is 1. The minimum absolute atomic E-state index is 0.0463. The molecule has 0 spiro atoms. The zero-order valence-corrected chi connectivity index (χ0v) is 12.5. The van der Waals surface area contributed by atoms with Gasteiger partial charge < -0.3 is 15.2 Å². The summed E-state index contributed by atoms with van der Waals surface area (Å²) in [7, 11) is 0. The molecule has 0 unspecified atom stereocenters. The number of amides is 1. The van der Waals surface area contributed by atoms with E-state index < -0.39 is 16.1 Å². The van der Waals surface area contributed by atoms with Crippen LogP contribution in [0.2, 0.25) is 0 Å². The maximum absolute atomic E-state index is 11.8. The Morgan fingerprint density at radius 1 is 1.29 bits per heavy atom. The fourth-order valence-electron chi connectivity index (χ4n) is 1.35. The molecule has 0 bridgehead atoms.